The van der Waals surface area contributed by atoms with Gasteiger partial charge in [0, 0.05) is 13.0 Å². The maximum absolute atomic E-state index is 5.47. The molecule has 0 saturated carbocycles. The van der Waals surface area contributed by atoms with E-state index in [-0.39, 0.29) is 6.04 Å². The average molecular weight is 150 g/mol. The van der Waals surface area contributed by atoms with Crippen LogP contribution in [0.1, 0.15) is 13.8 Å². The predicted molar refractivity (Wildman–Crippen MR) is 43.7 cm³/mol. The summed E-state index contributed by atoms with van der Waals surface area (Å²) in [5.74, 6) is 0. The van der Waals surface area contributed by atoms with Crippen LogP contribution in [-0.4, -0.2) is 24.3 Å². The lowest BCUT2D eigenvalue weighted by atomic mass is 10.4. The molecule has 3 heteroatoms. The summed E-state index contributed by atoms with van der Waals surface area (Å²) in [6.45, 7) is 4.66. The first-order valence-corrected chi connectivity index (χ1v) is 4.54. The second kappa shape index (κ2) is 5.09. The maximum atomic E-state index is 5.47. The highest BCUT2D eigenvalue weighted by Crippen LogP contribution is 1.91. The fourth-order valence-electron chi connectivity index (χ4n) is 0.366. The van der Waals surface area contributed by atoms with Crippen molar-refractivity contribution in [2.45, 2.75) is 25.3 Å². The standard InChI is InChI=1S/C6H15NOS/c1-5(7)4-8-6(2)9-3/h5-6H,4,7H2,1-3H3/p+1. The van der Waals surface area contributed by atoms with Gasteiger partial charge in [-0.05, 0) is 18.7 Å². The molecule has 0 aromatic rings. The van der Waals surface area contributed by atoms with E-state index in [1.54, 1.807) is 0 Å². The van der Waals surface area contributed by atoms with Crippen molar-refractivity contribution in [2.24, 2.45) is 5.73 Å². The molecule has 0 aromatic heterocycles. The third-order valence-corrected chi connectivity index (χ3v) is 1.84. The minimum atomic E-state index is 0.161. The molecule has 2 N–H and O–H groups in total. The summed E-state index contributed by atoms with van der Waals surface area (Å²) >= 11 is 1.27. The number of hydrogen-bond donors (Lipinski definition) is 1. The zero-order chi connectivity index (χ0) is 7.28. The van der Waals surface area contributed by atoms with E-state index < -0.39 is 0 Å². The summed E-state index contributed by atoms with van der Waals surface area (Å²) < 4.78 is 5.32. The third kappa shape index (κ3) is 6.15. The molecule has 0 heterocycles. The van der Waals surface area contributed by atoms with Gasteiger partial charge in [0.2, 0.25) is 5.44 Å². The molecule has 0 aromatic carbocycles. The van der Waals surface area contributed by atoms with E-state index in [0.29, 0.717) is 12.0 Å². The number of nitrogens with two attached hydrogens (primary N) is 1. The van der Waals surface area contributed by atoms with Crippen molar-refractivity contribution in [1.82, 2.24) is 0 Å². The van der Waals surface area contributed by atoms with E-state index in [0.717, 1.165) is 0 Å². The summed E-state index contributed by atoms with van der Waals surface area (Å²) in [4.78, 5) is 0. The molecule has 0 aliphatic carbocycles. The first kappa shape index (κ1) is 9.27. The van der Waals surface area contributed by atoms with Crippen LogP contribution in [0.5, 0.6) is 0 Å². The number of rotatable bonds is 4. The van der Waals surface area contributed by atoms with Crippen LogP contribution in [0.15, 0.2) is 0 Å². The average Bonchev–Trinajstić information content (AvgIpc) is 1.83. The second-order valence-electron chi connectivity index (χ2n) is 2.17. The summed E-state index contributed by atoms with van der Waals surface area (Å²) in [7, 11) is 0. The van der Waals surface area contributed by atoms with Gasteiger partial charge < -0.3 is 10.5 Å². The zero-order valence-corrected chi connectivity index (χ0v) is 7.19. The molecule has 56 valence electrons. The highest BCUT2D eigenvalue weighted by Gasteiger charge is 2.05. The second-order valence-corrected chi connectivity index (χ2v) is 3.41. The van der Waals surface area contributed by atoms with Crippen LogP contribution in [0.3, 0.4) is 0 Å². The van der Waals surface area contributed by atoms with Gasteiger partial charge in [0.25, 0.3) is 0 Å². The highest BCUT2D eigenvalue weighted by molar-refractivity contribution is 7.78. The number of hydrogen-bond acceptors (Lipinski definition) is 2. The fourth-order valence-corrected chi connectivity index (χ4v) is 0.601. The Morgan fingerprint density at radius 1 is 1.56 bits per heavy atom. The molecule has 0 fully saturated rings. The van der Waals surface area contributed by atoms with Crippen LogP contribution in [0, 0.1) is 0 Å². The van der Waals surface area contributed by atoms with E-state index in [1.807, 2.05) is 13.8 Å². The van der Waals surface area contributed by atoms with E-state index in [2.05, 4.69) is 6.26 Å². The first-order valence-electron chi connectivity index (χ1n) is 3.13. The molecule has 0 bridgehead atoms. The quantitative estimate of drug-likeness (QED) is 0.457. The molecule has 0 aliphatic rings. The topological polar surface area (TPSA) is 35.2 Å². The van der Waals surface area contributed by atoms with Crippen molar-refractivity contribution in [2.75, 3.05) is 12.9 Å². The van der Waals surface area contributed by atoms with Crippen LogP contribution in [0.4, 0.5) is 0 Å². The van der Waals surface area contributed by atoms with Crippen LogP contribution in [0.25, 0.3) is 0 Å². The Bertz CT molecular complexity index is 68.1. The van der Waals surface area contributed by atoms with Gasteiger partial charge >= 0.3 is 0 Å². The Kier molecular flexibility index (Phi) is 5.24. The summed E-state index contributed by atoms with van der Waals surface area (Å²) in [5.41, 5.74) is 5.80. The summed E-state index contributed by atoms with van der Waals surface area (Å²) in [6, 6.07) is 0.161. The predicted octanol–water partition coefficient (Wildman–Crippen LogP) is 0.141. The Labute approximate surface area is 61.1 Å². The van der Waals surface area contributed by atoms with E-state index in [1.165, 1.54) is 11.8 Å². The molecule has 0 rings (SSSR count). The van der Waals surface area contributed by atoms with Gasteiger partial charge in [-0.15, -0.1) is 0 Å². The van der Waals surface area contributed by atoms with Crippen molar-refractivity contribution in [3.63, 3.8) is 0 Å². The Hall–Kier alpha value is 0.270. The van der Waals surface area contributed by atoms with E-state index in [4.69, 9.17) is 10.5 Å². The minimum absolute atomic E-state index is 0.161. The fraction of sp³-hybridized carbons (Fsp3) is 1.00. The van der Waals surface area contributed by atoms with E-state index in [9.17, 15) is 0 Å². The van der Waals surface area contributed by atoms with E-state index >= 15 is 0 Å². The van der Waals surface area contributed by atoms with Gasteiger partial charge in [-0.25, -0.2) is 0 Å². The Morgan fingerprint density at radius 3 is 2.44 bits per heavy atom. The van der Waals surface area contributed by atoms with Crippen LogP contribution in [0.2, 0.25) is 0 Å². The monoisotopic (exact) mass is 150 g/mol. The van der Waals surface area contributed by atoms with Crippen molar-refractivity contribution >= 4 is 11.8 Å². The normalized spacial score (nSPS) is 17.3. The molecule has 0 spiro atoms. The van der Waals surface area contributed by atoms with Gasteiger partial charge in [-0.1, -0.05) is 0 Å². The van der Waals surface area contributed by atoms with Gasteiger partial charge in [-0.3, -0.25) is 0 Å². The van der Waals surface area contributed by atoms with Crippen molar-refractivity contribution in [3.05, 3.63) is 0 Å². The van der Waals surface area contributed by atoms with Crippen molar-refractivity contribution < 1.29 is 4.74 Å². The molecule has 0 aliphatic heterocycles. The van der Waals surface area contributed by atoms with Crippen molar-refractivity contribution in [3.8, 4) is 0 Å². The van der Waals surface area contributed by atoms with Crippen LogP contribution in [-0.2, 0) is 16.5 Å². The lowest BCUT2D eigenvalue weighted by molar-refractivity contribution is 0.114. The smallest absolute Gasteiger partial charge is 0.212 e. The molecule has 9 heavy (non-hydrogen) atoms. The SMILES string of the molecule is C[SH+]C(C)OCC(C)N. The summed E-state index contributed by atoms with van der Waals surface area (Å²) in [5, 5.41) is 0. The highest BCUT2D eigenvalue weighted by atomic mass is 32.2. The van der Waals surface area contributed by atoms with Crippen molar-refractivity contribution in [1.29, 1.82) is 0 Å². The summed E-state index contributed by atoms with van der Waals surface area (Å²) in [6.07, 6.45) is 2.08. The van der Waals surface area contributed by atoms with Gasteiger partial charge in [-0.2, -0.15) is 0 Å². The Balaban J connectivity index is 3.06. The molecular formula is C6H16NOS+. The van der Waals surface area contributed by atoms with Crippen LogP contribution >= 0.6 is 0 Å². The number of ether oxygens (including phenoxy) is 1. The first-order chi connectivity index (χ1) is 4.16. The van der Waals surface area contributed by atoms with Gasteiger partial charge in [0.05, 0.1) is 12.9 Å². The molecule has 2 unspecified atom stereocenters. The molecule has 2 atom stereocenters. The molecule has 0 amide bonds. The molecular weight excluding hydrogens is 134 g/mol. The van der Waals surface area contributed by atoms with Crippen LogP contribution < -0.4 is 5.73 Å². The lowest BCUT2D eigenvalue weighted by Gasteiger charge is -2.06. The Morgan fingerprint density at radius 2 is 2.11 bits per heavy atom. The number of thiol groups is 1. The minimum Gasteiger partial charge on any atom is -0.332 e. The third-order valence-electron chi connectivity index (χ3n) is 0.964. The molecule has 0 saturated heterocycles. The van der Waals surface area contributed by atoms with Gasteiger partial charge in [0.15, 0.2) is 0 Å². The zero-order valence-electron chi connectivity index (χ0n) is 6.29. The lowest BCUT2D eigenvalue weighted by Crippen LogP contribution is -2.25. The maximum Gasteiger partial charge on any atom is 0.212 e. The van der Waals surface area contributed by atoms with Gasteiger partial charge in [0.1, 0.15) is 0 Å². The largest absolute Gasteiger partial charge is 0.332 e. The molecule has 2 nitrogen and oxygen atoms in total. The molecule has 0 radical (unpaired) electrons.